The lowest BCUT2D eigenvalue weighted by Crippen LogP contribution is -2.30. The van der Waals surface area contributed by atoms with Crippen molar-refractivity contribution in [3.8, 4) is 0 Å². The van der Waals surface area contributed by atoms with Crippen LogP contribution in [0.3, 0.4) is 0 Å². The van der Waals surface area contributed by atoms with Gasteiger partial charge in [0.05, 0.1) is 19.8 Å². The van der Waals surface area contributed by atoms with Crippen LogP contribution in [0.25, 0.3) is 0 Å². The van der Waals surface area contributed by atoms with E-state index in [1.807, 2.05) is 0 Å². The average Bonchev–Trinajstić information content (AvgIpc) is 3.14. The quantitative estimate of drug-likeness (QED) is 0.0198. The second-order valence-corrected chi connectivity index (χ2v) is 16.6. The first-order valence-corrected chi connectivity index (χ1v) is 23.7. The third-order valence-corrected chi connectivity index (χ3v) is 9.93. The number of aliphatic hydroxyl groups excluding tert-OH is 1. The van der Waals surface area contributed by atoms with Crippen molar-refractivity contribution in [3.05, 3.63) is 36.5 Å². The van der Waals surface area contributed by atoms with E-state index in [0.717, 1.165) is 83.5 Å². The van der Waals surface area contributed by atoms with Gasteiger partial charge in [-0.3, -0.25) is 23.2 Å². The molecule has 0 radical (unpaired) electrons. The summed E-state index contributed by atoms with van der Waals surface area (Å²) < 4.78 is 47.7. The number of phosphoric acid groups is 2. The molecule has 0 aromatic heterocycles. The molecule has 0 bridgehead atoms. The van der Waals surface area contributed by atoms with Crippen LogP contribution in [-0.4, -0.2) is 70.4 Å². The molecule has 55 heavy (non-hydrogen) atoms. The number of hydrogen-bond donors (Lipinski definition) is 4. The molecule has 0 saturated heterocycles. The summed E-state index contributed by atoms with van der Waals surface area (Å²) in [6, 6.07) is 0. The predicted octanol–water partition coefficient (Wildman–Crippen LogP) is 10.1. The maximum absolute atomic E-state index is 12.6. The number of carbonyl (C=O) groups excluding carboxylic acids is 2. The molecule has 1 unspecified atom stereocenters. The van der Waals surface area contributed by atoms with E-state index in [0.29, 0.717) is 12.8 Å². The fourth-order valence-electron chi connectivity index (χ4n) is 5.31. The van der Waals surface area contributed by atoms with Crippen molar-refractivity contribution < 1.29 is 61.6 Å². The summed E-state index contributed by atoms with van der Waals surface area (Å²) >= 11 is 0. The molecule has 322 valence electrons. The third kappa shape index (κ3) is 40.3. The van der Waals surface area contributed by atoms with Crippen LogP contribution in [0.5, 0.6) is 0 Å². The number of allylic oxidation sites excluding steroid dienone is 6. The maximum Gasteiger partial charge on any atom is 0.472 e. The largest absolute Gasteiger partial charge is 0.472 e. The maximum atomic E-state index is 12.6. The van der Waals surface area contributed by atoms with Crippen LogP contribution in [0, 0.1) is 0 Å². The van der Waals surface area contributed by atoms with E-state index in [1.165, 1.54) is 44.9 Å². The number of unbranched alkanes of at least 4 members (excludes halogenated alkanes) is 17. The minimum absolute atomic E-state index is 0.114. The van der Waals surface area contributed by atoms with Crippen LogP contribution in [0.4, 0.5) is 0 Å². The van der Waals surface area contributed by atoms with E-state index in [1.54, 1.807) is 0 Å². The van der Waals surface area contributed by atoms with Gasteiger partial charge in [0.2, 0.25) is 0 Å². The number of phosphoric ester groups is 2. The molecule has 0 aliphatic carbocycles. The molecule has 0 aliphatic rings. The number of aliphatic hydroxyl groups is 1. The first kappa shape index (κ1) is 53.3. The summed E-state index contributed by atoms with van der Waals surface area (Å²) in [5.74, 6) is -1.06. The highest BCUT2D eigenvalue weighted by molar-refractivity contribution is 7.47. The Labute approximate surface area is 331 Å². The third-order valence-electron chi connectivity index (χ3n) is 8.49. The van der Waals surface area contributed by atoms with E-state index in [4.69, 9.17) is 23.8 Å². The van der Waals surface area contributed by atoms with Crippen LogP contribution >= 0.6 is 15.6 Å². The molecule has 0 aromatic carbocycles. The van der Waals surface area contributed by atoms with Gasteiger partial charge in [0.1, 0.15) is 12.7 Å². The minimum Gasteiger partial charge on any atom is -0.462 e. The lowest BCUT2D eigenvalue weighted by Gasteiger charge is -2.20. The zero-order valence-corrected chi connectivity index (χ0v) is 35.6. The Morgan fingerprint density at radius 3 is 1.49 bits per heavy atom. The molecule has 13 nitrogen and oxygen atoms in total. The lowest BCUT2D eigenvalue weighted by atomic mass is 10.1. The molecule has 0 aliphatic heterocycles. The summed E-state index contributed by atoms with van der Waals surface area (Å²) in [7, 11) is -9.67. The monoisotopic (exact) mass is 824 g/mol. The fraction of sp³-hybridized carbons (Fsp3) is 0.800. The molecule has 3 atom stereocenters. The van der Waals surface area contributed by atoms with Crippen LogP contribution in [0.2, 0.25) is 0 Å². The second kappa shape index (κ2) is 36.7. The summed E-state index contributed by atoms with van der Waals surface area (Å²) in [5, 5.41) is 9.73. The van der Waals surface area contributed by atoms with Crippen LogP contribution in [0.15, 0.2) is 36.5 Å². The summed E-state index contributed by atoms with van der Waals surface area (Å²) in [6.07, 6.45) is 34.2. The van der Waals surface area contributed by atoms with Crippen LogP contribution < -0.4 is 0 Å². The number of rotatable bonds is 39. The van der Waals surface area contributed by atoms with Gasteiger partial charge in [-0.2, -0.15) is 0 Å². The topological polar surface area (TPSA) is 195 Å². The summed E-state index contributed by atoms with van der Waals surface area (Å²) in [6.45, 7) is 1.69. The molecular formula is C40H74O13P2. The zero-order valence-electron chi connectivity index (χ0n) is 33.8. The summed E-state index contributed by atoms with van der Waals surface area (Å²) in [5.41, 5.74) is 0. The SMILES string of the molecule is CCCCC/C=C\C/C=C\CCCCCCCC(=O)O[C@H](COC(=O)CCCCCCC/C=C\CCCCCC)COP(=O)(O)OC[C@@H](O)COP(=O)(O)O. The highest BCUT2D eigenvalue weighted by Crippen LogP contribution is 2.43. The Kier molecular flexibility index (Phi) is 35.6. The smallest absolute Gasteiger partial charge is 0.462 e. The number of carbonyl (C=O) groups is 2. The van der Waals surface area contributed by atoms with Crippen LogP contribution in [-0.2, 0) is 41.8 Å². The van der Waals surface area contributed by atoms with Gasteiger partial charge in [0.15, 0.2) is 6.10 Å². The molecule has 0 fully saturated rings. The average molecular weight is 825 g/mol. The highest BCUT2D eigenvalue weighted by atomic mass is 31.2. The minimum atomic E-state index is -4.86. The van der Waals surface area contributed by atoms with Gasteiger partial charge in [-0.15, -0.1) is 0 Å². The Morgan fingerprint density at radius 2 is 0.945 bits per heavy atom. The predicted molar refractivity (Wildman–Crippen MR) is 216 cm³/mol. The van der Waals surface area contributed by atoms with Crippen molar-refractivity contribution in [1.29, 1.82) is 0 Å². The van der Waals surface area contributed by atoms with Crippen molar-refractivity contribution in [1.82, 2.24) is 0 Å². The Hall–Kier alpha value is -1.66. The van der Waals surface area contributed by atoms with E-state index in [-0.39, 0.29) is 12.8 Å². The van der Waals surface area contributed by atoms with Gasteiger partial charge in [0, 0.05) is 12.8 Å². The van der Waals surface area contributed by atoms with Crippen molar-refractivity contribution in [2.24, 2.45) is 0 Å². The van der Waals surface area contributed by atoms with Gasteiger partial charge in [-0.25, -0.2) is 9.13 Å². The van der Waals surface area contributed by atoms with Crippen molar-refractivity contribution in [2.75, 3.05) is 26.4 Å². The van der Waals surface area contributed by atoms with Crippen molar-refractivity contribution in [3.63, 3.8) is 0 Å². The Balaban J connectivity index is 4.59. The summed E-state index contributed by atoms with van der Waals surface area (Å²) in [4.78, 5) is 52.6. The van der Waals surface area contributed by atoms with E-state index >= 15 is 0 Å². The van der Waals surface area contributed by atoms with E-state index in [2.05, 4.69) is 59.4 Å². The number of ether oxygens (including phenoxy) is 2. The van der Waals surface area contributed by atoms with Gasteiger partial charge in [-0.1, -0.05) is 121 Å². The van der Waals surface area contributed by atoms with Crippen LogP contribution in [0.1, 0.15) is 168 Å². The van der Waals surface area contributed by atoms with Crippen molar-refractivity contribution in [2.45, 2.75) is 180 Å². The highest BCUT2D eigenvalue weighted by Gasteiger charge is 2.28. The molecule has 0 rings (SSSR count). The zero-order chi connectivity index (χ0) is 40.9. The number of esters is 2. The Morgan fingerprint density at radius 1 is 0.527 bits per heavy atom. The molecular weight excluding hydrogens is 750 g/mol. The van der Waals surface area contributed by atoms with Gasteiger partial charge in [-0.05, 0) is 70.6 Å². The normalized spacial score (nSPS) is 14.5. The molecule has 0 spiro atoms. The molecule has 15 heteroatoms. The van der Waals surface area contributed by atoms with Crippen molar-refractivity contribution >= 4 is 27.6 Å². The van der Waals surface area contributed by atoms with Gasteiger partial charge < -0.3 is 29.3 Å². The standard InChI is InChI=1S/C40H74O13P2/c1-3-5-7-9-11-13-15-17-18-20-22-24-26-28-30-32-40(43)53-38(36-52-55(47,48)51-34-37(41)33-50-54(44,45)46)35-49-39(42)31-29-27-25-23-21-19-16-14-12-10-8-6-4-2/h11,13-14,16-18,37-38,41H,3-10,12,15,19-36H2,1-2H3,(H,47,48)(H2,44,45,46)/b13-11-,16-14-,18-17-/t37-,38+/m0/s1. The van der Waals surface area contributed by atoms with E-state index in [9.17, 15) is 28.7 Å². The van der Waals surface area contributed by atoms with Gasteiger partial charge >= 0.3 is 27.6 Å². The first-order valence-electron chi connectivity index (χ1n) is 20.7. The molecule has 0 saturated carbocycles. The Bertz CT molecular complexity index is 1120. The fourth-order valence-corrected chi connectivity index (χ4v) is 6.47. The van der Waals surface area contributed by atoms with Gasteiger partial charge in [0.25, 0.3) is 0 Å². The molecule has 0 aromatic rings. The second-order valence-electron chi connectivity index (χ2n) is 13.9. The molecule has 4 N–H and O–H groups in total. The first-order chi connectivity index (χ1) is 26.4. The molecule has 0 amide bonds. The lowest BCUT2D eigenvalue weighted by molar-refractivity contribution is -0.161. The number of hydrogen-bond acceptors (Lipinski definition) is 10. The molecule has 0 heterocycles. The van der Waals surface area contributed by atoms with E-state index < -0.39 is 66.2 Å².